The second-order valence-electron chi connectivity index (χ2n) is 10.1. The van der Waals surface area contributed by atoms with Crippen LogP contribution in [0.4, 0.5) is 27.6 Å². The lowest BCUT2D eigenvalue weighted by Gasteiger charge is -2.38. The number of rotatable bonds is 4. The van der Waals surface area contributed by atoms with E-state index >= 15 is 4.39 Å². The van der Waals surface area contributed by atoms with Crippen LogP contribution >= 0.6 is 23.5 Å². The molecule has 2 aliphatic carbocycles. The fourth-order valence-corrected chi connectivity index (χ4v) is 7.03. The fourth-order valence-electron chi connectivity index (χ4n) is 5.64. The molecule has 5 rings (SSSR count). The summed E-state index contributed by atoms with van der Waals surface area (Å²) in [4.78, 5) is 14.0. The third-order valence-corrected chi connectivity index (χ3v) is 9.09. The standard InChI is InChI=1S/C28H26ClF5N2O2S/c29-20-13-25-26(12-18(20)16-6-8-21(30)19(10-16)27(37)38)39-35-23(15-4-2-1-3-5-15)14-36(25)24-9-7-17(11-22(24)31)28(32,33)34/h6-12,15,23,25,35H,1-5,13-14H2,(H,37,38)/t23-,25?/m0/s1. The Labute approximate surface area is 232 Å². The summed E-state index contributed by atoms with van der Waals surface area (Å²) in [6.07, 6.45) is 2.65. The number of hydrogen-bond acceptors (Lipinski definition) is 4. The summed E-state index contributed by atoms with van der Waals surface area (Å²) >= 11 is 8.10. The van der Waals surface area contributed by atoms with E-state index in [1.54, 1.807) is 11.0 Å². The van der Waals surface area contributed by atoms with Crippen LogP contribution in [-0.4, -0.2) is 29.7 Å². The predicted molar refractivity (Wildman–Crippen MR) is 142 cm³/mol. The van der Waals surface area contributed by atoms with E-state index in [1.165, 1.54) is 30.1 Å². The van der Waals surface area contributed by atoms with Crippen LogP contribution in [-0.2, 0) is 6.18 Å². The molecule has 2 N–H and O–H groups in total. The molecule has 1 saturated heterocycles. The number of nitrogens with one attached hydrogen (secondary N) is 1. The monoisotopic (exact) mass is 584 g/mol. The van der Waals surface area contributed by atoms with Crippen LogP contribution in [0.1, 0.15) is 60.0 Å². The average Bonchev–Trinajstić information content (AvgIpc) is 3.08. The number of halogens is 6. The minimum Gasteiger partial charge on any atom is -0.478 e. The van der Waals surface area contributed by atoms with Gasteiger partial charge in [-0.2, -0.15) is 13.2 Å². The maximum Gasteiger partial charge on any atom is 0.416 e. The van der Waals surface area contributed by atoms with Crippen molar-refractivity contribution in [1.82, 2.24) is 4.72 Å². The quantitative estimate of drug-likeness (QED) is 0.282. The third kappa shape index (κ3) is 5.83. The van der Waals surface area contributed by atoms with E-state index in [2.05, 4.69) is 4.72 Å². The molecule has 2 fully saturated rings. The lowest BCUT2D eigenvalue weighted by molar-refractivity contribution is -0.137. The maximum absolute atomic E-state index is 15.3. The largest absolute Gasteiger partial charge is 0.478 e. The van der Waals surface area contributed by atoms with Gasteiger partial charge < -0.3 is 10.0 Å². The molecule has 0 aromatic heterocycles. The van der Waals surface area contributed by atoms with Gasteiger partial charge in [-0.05, 0) is 78.3 Å². The zero-order chi connectivity index (χ0) is 27.9. The number of aromatic carboxylic acids is 1. The Kier molecular flexibility index (Phi) is 7.99. The third-order valence-electron chi connectivity index (χ3n) is 7.69. The molecule has 2 atom stereocenters. The van der Waals surface area contributed by atoms with Crippen LogP contribution in [0.25, 0.3) is 5.57 Å². The average molecular weight is 585 g/mol. The molecule has 1 aliphatic heterocycles. The summed E-state index contributed by atoms with van der Waals surface area (Å²) in [5.41, 5.74) is -0.538. The van der Waals surface area contributed by atoms with E-state index in [0.29, 0.717) is 34.7 Å². The molecule has 2 aromatic carbocycles. The van der Waals surface area contributed by atoms with E-state index < -0.39 is 40.9 Å². The molecule has 39 heavy (non-hydrogen) atoms. The molecule has 4 nitrogen and oxygen atoms in total. The van der Waals surface area contributed by atoms with Gasteiger partial charge in [0.2, 0.25) is 0 Å². The van der Waals surface area contributed by atoms with Crippen LogP contribution in [0.15, 0.2) is 52.4 Å². The van der Waals surface area contributed by atoms with Gasteiger partial charge >= 0.3 is 12.1 Å². The summed E-state index contributed by atoms with van der Waals surface area (Å²) in [6, 6.07) is 5.83. The molecule has 0 spiro atoms. The van der Waals surface area contributed by atoms with Gasteiger partial charge in [0.25, 0.3) is 0 Å². The molecule has 11 heteroatoms. The molecule has 1 heterocycles. The minimum absolute atomic E-state index is 0.0462. The predicted octanol–water partition coefficient (Wildman–Crippen LogP) is 7.99. The Morgan fingerprint density at radius 1 is 1.05 bits per heavy atom. The van der Waals surface area contributed by atoms with Gasteiger partial charge in [0.15, 0.2) is 0 Å². The van der Waals surface area contributed by atoms with Gasteiger partial charge in [0.1, 0.15) is 11.6 Å². The zero-order valence-electron chi connectivity index (χ0n) is 20.7. The molecule has 0 amide bonds. The molecule has 0 bridgehead atoms. The topological polar surface area (TPSA) is 52.6 Å². The summed E-state index contributed by atoms with van der Waals surface area (Å²) in [6.45, 7) is 0.376. The van der Waals surface area contributed by atoms with Gasteiger partial charge in [0.05, 0.1) is 22.9 Å². The van der Waals surface area contributed by atoms with Crippen LogP contribution < -0.4 is 9.62 Å². The molecular weight excluding hydrogens is 559 g/mol. The molecule has 0 radical (unpaired) electrons. The van der Waals surface area contributed by atoms with Crippen molar-refractivity contribution in [1.29, 1.82) is 0 Å². The first kappa shape index (κ1) is 28.0. The molecule has 1 saturated carbocycles. The summed E-state index contributed by atoms with van der Waals surface area (Å²) in [7, 11) is 0. The van der Waals surface area contributed by atoms with E-state index in [-0.39, 0.29) is 18.2 Å². The van der Waals surface area contributed by atoms with Gasteiger partial charge in [0, 0.05) is 28.9 Å². The zero-order valence-corrected chi connectivity index (χ0v) is 22.3. The number of carboxylic acid groups (broad SMARTS) is 1. The van der Waals surface area contributed by atoms with Crippen molar-refractivity contribution >= 4 is 40.8 Å². The van der Waals surface area contributed by atoms with E-state index in [1.807, 2.05) is 0 Å². The number of carbonyl (C=O) groups is 1. The first-order valence-electron chi connectivity index (χ1n) is 12.7. The molecular formula is C28H26ClF5N2O2S. The van der Waals surface area contributed by atoms with Crippen LogP contribution in [0.2, 0.25) is 0 Å². The number of carboxylic acids is 1. The summed E-state index contributed by atoms with van der Waals surface area (Å²) in [5, 5.41) is 9.72. The van der Waals surface area contributed by atoms with Crippen molar-refractivity contribution < 1.29 is 31.9 Å². The van der Waals surface area contributed by atoms with Crippen molar-refractivity contribution in [2.75, 3.05) is 11.4 Å². The lowest BCUT2D eigenvalue weighted by atomic mass is 9.83. The highest BCUT2D eigenvalue weighted by molar-refractivity contribution is 8.01. The first-order valence-corrected chi connectivity index (χ1v) is 13.9. The highest BCUT2D eigenvalue weighted by atomic mass is 35.5. The fraction of sp³-hybridized carbons (Fsp3) is 0.393. The Morgan fingerprint density at radius 3 is 2.46 bits per heavy atom. The number of fused-ring (bicyclic) bond motifs is 1. The summed E-state index contributed by atoms with van der Waals surface area (Å²) in [5.74, 6) is -2.91. The van der Waals surface area contributed by atoms with Gasteiger partial charge in [-0.15, -0.1) is 0 Å². The second kappa shape index (κ2) is 11.1. The Morgan fingerprint density at radius 2 is 1.79 bits per heavy atom. The van der Waals surface area contributed by atoms with Crippen LogP contribution in [0.5, 0.6) is 0 Å². The van der Waals surface area contributed by atoms with Crippen LogP contribution in [0.3, 0.4) is 0 Å². The highest BCUT2D eigenvalue weighted by Gasteiger charge is 2.38. The normalized spacial score (nSPS) is 22.8. The number of hydrogen-bond donors (Lipinski definition) is 2. The van der Waals surface area contributed by atoms with E-state index in [9.17, 15) is 27.5 Å². The van der Waals surface area contributed by atoms with Gasteiger partial charge in [-0.3, -0.25) is 4.72 Å². The van der Waals surface area contributed by atoms with Crippen molar-refractivity contribution in [2.45, 2.75) is 56.8 Å². The molecule has 2 aromatic rings. The summed E-state index contributed by atoms with van der Waals surface area (Å²) < 4.78 is 72.6. The van der Waals surface area contributed by atoms with Gasteiger partial charge in [-0.25, -0.2) is 13.6 Å². The van der Waals surface area contributed by atoms with Crippen molar-refractivity contribution in [3.8, 4) is 0 Å². The number of nitrogens with zero attached hydrogens (tertiary/aromatic N) is 1. The Bertz CT molecular complexity index is 1340. The van der Waals surface area contributed by atoms with Crippen molar-refractivity contribution in [2.24, 2.45) is 5.92 Å². The van der Waals surface area contributed by atoms with Crippen molar-refractivity contribution in [3.63, 3.8) is 0 Å². The van der Waals surface area contributed by atoms with Crippen LogP contribution in [0, 0.1) is 17.6 Å². The first-order chi connectivity index (χ1) is 18.5. The second-order valence-corrected chi connectivity index (χ2v) is 11.5. The molecule has 1 unspecified atom stereocenters. The smallest absolute Gasteiger partial charge is 0.416 e. The number of alkyl halides is 3. The van der Waals surface area contributed by atoms with Crippen molar-refractivity contribution in [3.05, 3.63) is 80.7 Å². The van der Waals surface area contributed by atoms with Gasteiger partial charge in [-0.1, -0.05) is 36.9 Å². The number of allylic oxidation sites excluding steroid dienone is 2. The van der Waals surface area contributed by atoms with E-state index in [4.69, 9.17) is 11.6 Å². The van der Waals surface area contributed by atoms with E-state index in [0.717, 1.165) is 49.1 Å². The lowest BCUT2D eigenvalue weighted by Crippen LogP contribution is -2.45. The maximum atomic E-state index is 15.3. The molecule has 3 aliphatic rings. The minimum atomic E-state index is -4.67. The highest BCUT2D eigenvalue weighted by Crippen LogP contribution is 2.44. The number of anilines is 1. The Balaban J connectivity index is 1.54. The molecule has 208 valence electrons. The number of benzene rings is 2. The Hall–Kier alpha value is -2.56. The SMILES string of the molecule is O=C(O)c1cc(C2=C(Cl)CC3C(=C2)SN[C@H](C2CCCCC2)CN3c2ccc(C(F)(F)F)cc2F)ccc1F.